The molecule has 1 saturated heterocycles. The Balaban J connectivity index is 1.96. The van der Waals surface area contributed by atoms with Crippen molar-refractivity contribution >= 4 is 11.7 Å². The quantitative estimate of drug-likeness (QED) is 0.356. The second-order valence-electron chi connectivity index (χ2n) is 4.31. The van der Waals surface area contributed by atoms with E-state index in [1.54, 1.807) is 4.90 Å². The van der Waals surface area contributed by atoms with Gasteiger partial charge in [0, 0.05) is 32.2 Å². The van der Waals surface area contributed by atoms with E-state index in [1.807, 2.05) is 4.90 Å². The normalized spacial score (nSPS) is 17.8. The summed E-state index contributed by atoms with van der Waals surface area (Å²) in [5.41, 5.74) is 5.42. The molecular formula is C11H15F2N5O. The lowest BCUT2D eigenvalue weighted by atomic mass is 10.3. The third-order valence-electron chi connectivity index (χ3n) is 2.97. The number of anilines is 1. The van der Waals surface area contributed by atoms with E-state index >= 15 is 0 Å². The minimum atomic E-state index is -0.688. The number of halogens is 2. The maximum atomic E-state index is 13.6. The van der Waals surface area contributed by atoms with Crippen molar-refractivity contribution in [1.29, 1.82) is 0 Å². The molecule has 1 aromatic rings. The molecule has 0 bridgehead atoms. The molecule has 2 rings (SSSR count). The number of oxime groups is 1. The first-order valence-corrected chi connectivity index (χ1v) is 5.85. The standard InChI is InChI=1S/C11H15F2N5O/c12-8-5-9(13)11(15-6-8)18-3-1-17(2-4-18)7-10(14)16-19/h5-6,19H,1-4,7H2,(H2,14,16). The van der Waals surface area contributed by atoms with Gasteiger partial charge >= 0.3 is 0 Å². The molecule has 0 amide bonds. The fraction of sp³-hybridized carbons (Fsp3) is 0.455. The van der Waals surface area contributed by atoms with Crippen LogP contribution in [0.1, 0.15) is 0 Å². The Kier molecular flexibility index (Phi) is 4.10. The third-order valence-corrected chi connectivity index (χ3v) is 2.97. The number of aromatic nitrogens is 1. The second kappa shape index (κ2) is 5.79. The minimum Gasteiger partial charge on any atom is -0.409 e. The largest absolute Gasteiger partial charge is 0.409 e. The summed E-state index contributed by atoms with van der Waals surface area (Å²) in [6, 6.07) is 0.825. The molecule has 1 fully saturated rings. The molecule has 1 aliphatic heterocycles. The van der Waals surface area contributed by atoms with Crippen LogP contribution in [0.15, 0.2) is 17.4 Å². The van der Waals surface area contributed by atoms with Crippen molar-refractivity contribution in [2.45, 2.75) is 0 Å². The Bertz CT molecular complexity index is 474. The summed E-state index contributed by atoms with van der Waals surface area (Å²) in [6.45, 7) is 2.73. The van der Waals surface area contributed by atoms with Crippen molar-refractivity contribution in [3.63, 3.8) is 0 Å². The first-order valence-electron chi connectivity index (χ1n) is 5.85. The van der Waals surface area contributed by atoms with Crippen LogP contribution in [-0.4, -0.2) is 53.7 Å². The van der Waals surface area contributed by atoms with Gasteiger partial charge in [0.1, 0.15) is 5.82 Å². The molecule has 0 spiro atoms. The molecule has 0 aromatic carbocycles. The van der Waals surface area contributed by atoms with Crippen molar-refractivity contribution in [3.8, 4) is 0 Å². The highest BCUT2D eigenvalue weighted by Crippen LogP contribution is 2.18. The summed E-state index contributed by atoms with van der Waals surface area (Å²) in [5.74, 6) is -1.05. The maximum Gasteiger partial charge on any atom is 0.168 e. The molecular weight excluding hydrogens is 256 g/mol. The average Bonchev–Trinajstić information content (AvgIpc) is 2.40. The fourth-order valence-corrected chi connectivity index (χ4v) is 2.02. The number of amidine groups is 1. The summed E-state index contributed by atoms with van der Waals surface area (Å²) >= 11 is 0. The molecule has 0 radical (unpaired) electrons. The van der Waals surface area contributed by atoms with Crippen LogP contribution in [0.5, 0.6) is 0 Å². The van der Waals surface area contributed by atoms with Crippen molar-refractivity contribution in [2.24, 2.45) is 10.9 Å². The zero-order chi connectivity index (χ0) is 13.8. The molecule has 0 atom stereocenters. The Hall–Kier alpha value is -1.96. The molecule has 8 heteroatoms. The molecule has 0 saturated carbocycles. The minimum absolute atomic E-state index is 0.138. The lowest BCUT2D eigenvalue weighted by Gasteiger charge is -2.35. The lowest BCUT2D eigenvalue weighted by Crippen LogP contribution is -2.49. The van der Waals surface area contributed by atoms with E-state index in [9.17, 15) is 8.78 Å². The topological polar surface area (TPSA) is 78.0 Å². The van der Waals surface area contributed by atoms with E-state index in [0.717, 1.165) is 12.3 Å². The lowest BCUT2D eigenvalue weighted by molar-refractivity contribution is 0.277. The third kappa shape index (κ3) is 3.28. The molecule has 104 valence electrons. The van der Waals surface area contributed by atoms with Gasteiger partial charge in [-0.3, -0.25) is 4.90 Å². The number of pyridine rings is 1. The number of nitrogens with two attached hydrogens (primary N) is 1. The van der Waals surface area contributed by atoms with Crippen LogP contribution in [0.3, 0.4) is 0 Å². The zero-order valence-corrected chi connectivity index (χ0v) is 10.3. The van der Waals surface area contributed by atoms with Gasteiger partial charge in [0.25, 0.3) is 0 Å². The first kappa shape index (κ1) is 13.5. The van der Waals surface area contributed by atoms with Crippen LogP contribution in [0.4, 0.5) is 14.6 Å². The Morgan fingerprint density at radius 2 is 2.05 bits per heavy atom. The second-order valence-corrected chi connectivity index (χ2v) is 4.31. The Morgan fingerprint density at radius 1 is 1.37 bits per heavy atom. The van der Waals surface area contributed by atoms with E-state index in [2.05, 4.69) is 10.1 Å². The van der Waals surface area contributed by atoms with Crippen LogP contribution in [0.2, 0.25) is 0 Å². The van der Waals surface area contributed by atoms with Crippen molar-refractivity contribution in [1.82, 2.24) is 9.88 Å². The Labute approximate surface area is 109 Å². The molecule has 1 aromatic heterocycles. The van der Waals surface area contributed by atoms with Crippen molar-refractivity contribution in [2.75, 3.05) is 37.6 Å². The zero-order valence-electron chi connectivity index (χ0n) is 10.3. The van der Waals surface area contributed by atoms with Gasteiger partial charge < -0.3 is 15.8 Å². The number of hydrogen-bond acceptors (Lipinski definition) is 5. The highest BCUT2D eigenvalue weighted by atomic mass is 19.1. The molecule has 6 nitrogen and oxygen atoms in total. The molecule has 19 heavy (non-hydrogen) atoms. The summed E-state index contributed by atoms with van der Waals surface area (Å²) in [6.07, 6.45) is 1.00. The van der Waals surface area contributed by atoms with Crippen LogP contribution in [0, 0.1) is 11.6 Å². The number of rotatable bonds is 3. The predicted molar refractivity (Wildman–Crippen MR) is 66.2 cm³/mol. The SMILES string of the molecule is NC(CN1CCN(c2ncc(F)cc2F)CC1)=NO. The maximum absolute atomic E-state index is 13.6. The van der Waals surface area contributed by atoms with Gasteiger partial charge in [-0.1, -0.05) is 5.16 Å². The summed E-state index contributed by atoms with van der Waals surface area (Å²) in [5, 5.41) is 11.4. The van der Waals surface area contributed by atoms with Gasteiger partial charge in [-0.15, -0.1) is 0 Å². The van der Waals surface area contributed by atoms with Crippen LogP contribution in [0.25, 0.3) is 0 Å². The van der Waals surface area contributed by atoms with Gasteiger partial charge in [-0.2, -0.15) is 0 Å². The van der Waals surface area contributed by atoms with E-state index in [4.69, 9.17) is 10.9 Å². The molecule has 3 N–H and O–H groups in total. The van der Waals surface area contributed by atoms with Gasteiger partial charge in [0.15, 0.2) is 17.5 Å². The molecule has 0 unspecified atom stereocenters. The van der Waals surface area contributed by atoms with E-state index in [1.165, 1.54) is 0 Å². The number of hydrogen-bond donors (Lipinski definition) is 2. The van der Waals surface area contributed by atoms with Gasteiger partial charge in [-0.25, -0.2) is 13.8 Å². The summed E-state index contributed by atoms with van der Waals surface area (Å²) in [7, 11) is 0. The van der Waals surface area contributed by atoms with E-state index < -0.39 is 11.6 Å². The van der Waals surface area contributed by atoms with Crippen molar-refractivity contribution in [3.05, 3.63) is 23.9 Å². The first-order chi connectivity index (χ1) is 9.10. The van der Waals surface area contributed by atoms with E-state index in [-0.39, 0.29) is 11.7 Å². The van der Waals surface area contributed by atoms with Crippen LogP contribution >= 0.6 is 0 Å². The van der Waals surface area contributed by atoms with E-state index in [0.29, 0.717) is 32.7 Å². The van der Waals surface area contributed by atoms with Crippen molar-refractivity contribution < 1.29 is 14.0 Å². The van der Waals surface area contributed by atoms with Crippen LogP contribution < -0.4 is 10.6 Å². The van der Waals surface area contributed by atoms with Crippen LogP contribution in [-0.2, 0) is 0 Å². The molecule has 2 heterocycles. The highest BCUT2D eigenvalue weighted by Gasteiger charge is 2.21. The highest BCUT2D eigenvalue weighted by molar-refractivity contribution is 5.81. The average molecular weight is 271 g/mol. The van der Waals surface area contributed by atoms with Gasteiger partial charge in [-0.05, 0) is 0 Å². The van der Waals surface area contributed by atoms with Gasteiger partial charge in [0.05, 0.1) is 12.7 Å². The molecule has 1 aliphatic rings. The number of piperazine rings is 1. The smallest absolute Gasteiger partial charge is 0.168 e. The monoisotopic (exact) mass is 271 g/mol. The predicted octanol–water partition coefficient (Wildman–Crippen LogP) is 0.228. The molecule has 0 aliphatic carbocycles. The number of nitrogens with zero attached hydrogens (tertiary/aromatic N) is 4. The fourth-order valence-electron chi connectivity index (χ4n) is 2.02. The van der Waals surface area contributed by atoms with Gasteiger partial charge in [0.2, 0.25) is 0 Å². The summed E-state index contributed by atoms with van der Waals surface area (Å²) < 4.78 is 26.3. The Morgan fingerprint density at radius 3 is 2.63 bits per heavy atom. The summed E-state index contributed by atoms with van der Waals surface area (Å²) in [4.78, 5) is 7.50.